The number of carbonyl (C=O) groups is 2. The van der Waals surface area contributed by atoms with Crippen LogP contribution in [0.4, 0.5) is 4.79 Å². The number of nitrogens with zero attached hydrogens (tertiary/aromatic N) is 4. The average molecular weight is 465 g/mol. The Balaban J connectivity index is 1.50. The molecule has 1 atom stereocenters. The van der Waals surface area contributed by atoms with Gasteiger partial charge in [-0.3, -0.25) is 9.69 Å². The highest BCUT2D eigenvalue weighted by molar-refractivity contribution is 6.03. The minimum Gasteiger partial charge on any atom is -0.497 e. The van der Waals surface area contributed by atoms with E-state index in [1.807, 2.05) is 24.3 Å². The molecule has 2 amide bonds. The molecule has 34 heavy (non-hydrogen) atoms. The summed E-state index contributed by atoms with van der Waals surface area (Å²) in [4.78, 5) is 29.2. The molecule has 0 N–H and O–H groups in total. The van der Waals surface area contributed by atoms with Crippen LogP contribution in [-0.2, 0) is 9.53 Å². The number of ether oxygens (including phenoxy) is 2. The summed E-state index contributed by atoms with van der Waals surface area (Å²) >= 11 is 0. The number of methoxy groups -OCH3 is 1. The van der Waals surface area contributed by atoms with Crippen molar-refractivity contribution < 1.29 is 19.1 Å². The molecule has 1 fully saturated rings. The second-order valence-corrected chi connectivity index (χ2v) is 8.61. The second-order valence-electron chi connectivity index (χ2n) is 8.61. The van der Waals surface area contributed by atoms with Gasteiger partial charge in [0.15, 0.2) is 0 Å². The van der Waals surface area contributed by atoms with E-state index in [1.54, 1.807) is 23.9 Å². The Hall–Kier alpha value is -3.39. The van der Waals surface area contributed by atoms with Gasteiger partial charge in [-0.1, -0.05) is 42.0 Å². The third-order valence-corrected chi connectivity index (χ3v) is 6.29. The SMILES string of the molecule is CCOC(=O)N1CCN(CC(=O)N2N=C(c3cccc(OC)c3)CC2c2ccc(C)cc2)CC1. The molecular weight excluding hydrogens is 432 g/mol. The third kappa shape index (κ3) is 5.39. The van der Waals surface area contributed by atoms with E-state index in [1.165, 1.54) is 5.56 Å². The Kier molecular flexibility index (Phi) is 7.47. The van der Waals surface area contributed by atoms with Gasteiger partial charge in [-0.2, -0.15) is 5.10 Å². The first-order valence-corrected chi connectivity index (χ1v) is 11.7. The van der Waals surface area contributed by atoms with E-state index in [-0.39, 0.29) is 24.6 Å². The molecule has 8 heteroatoms. The maximum absolute atomic E-state index is 13.4. The lowest BCUT2D eigenvalue weighted by Crippen LogP contribution is -2.51. The number of piperazine rings is 1. The van der Waals surface area contributed by atoms with Crippen molar-refractivity contribution in [3.8, 4) is 5.75 Å². The maximum Gasteiger partial charge on any atom is 0.409 e. The van der Waals surface area contributed by atoms with Gasteiger partial charge in [0.05, 0.1) is 32.0 Å². The molecule has 2 heterocycles. The van der Waals surface area contributed by atoms with Crippen molar-refractivity contribution in [1.29, 1.82) is 0 Å². The normalized spacial score (nSPS) is 18.6. The molecule has 0 aromatic heterocycles. The van der Waals surface area contributed by atoms with Crippen LogP contribution in [0.1, 0.15) is 36.1 Å². The van der Waals surface area contributed by atoms with E-state index in [0.717, 1.165) is 22.6 Å². The van der Waals surface area contributed by atoms with Gasteiger partial charge >= 0.3 is 6.09 Å². The summed E-state index contributed by atoms with van der Waals surface area (Å²) in [6.45, 7) is 6.81. The summed E-state index contributed by atoms with van der Waals surface area (Å²) in [6.07, 6.45) is 0.346. The summed E-state index contributed by atoms with van der Waals surface area (Å²) in [5.74, 6) is 0.712. The second kappa shape index (κ2) is 10.7. The number of carbonyl (C=O) groups excluding carboxylic acids is 2. The zero-order valence-corrected chi connectivity index (χ0v) is 20.1. The smallest absolute Gasteiger partial charge is 0.409 e. The molecule has 4 rings (SSSR count). The van der Waals surface area contributed by atoms with Gasteiger partial charge in [0.1, 0.15) is 5.75 Å². The number of hydrogen-bond acceptors (Lipinski definition) is 6. The van der Waals surface area contributed by atoms with Crippen molar-refractivity contribution in [2.75, 3.05) is 46.4 Å². The van der Waals surface area contributed by atoms with Crippen LogP contribution in [0.15, 0.2) is 53.6 Å². The van der Waals surface area contributed by atoms with Crippen molar-refractivity contribution in [3.05, 3.63) is 65.2 Å². The molecule has 0 spiro atoms. The summed E-state index contributed by atoms with van der Waals surface area (Å²) < 4.78 is 10.5. The first kappa shape index (κ1) is 23.8. The monoisotopic (exact) mass is 464 g/mol. The minimum absolute atomic E-state index is 0.0481. The zero-order valence-electron chi connectivity index (χ0n) is 20.1. The van der Waals surface area contributed by atoms with Gasteiger partial charge in [-0.15, -0.1) is 0 Å². The van der Waals surface area contributed by atoms with Gasteiger partial charge in [0.2, 0.25) is 0 Å². The quantitative estimate of drug-likeness (QED) is 0.655. The van der Waals surface area contributed by atoms with E-state index in [0.29, 0.717) is 39.2 Å². The Morgan fingerprint density at radius 3 is 2.47 bits per heavy atom. The van der Waals surface area contributed by atoms with Gasteiger partial charge in [0.25, 0.3) is 5.91 Å². The van der Waals surface area contributed by atoms with Crippen LogP contribution >= 0.6 is 0 Å². The lowest BCUT2D eigenvalue weighted by Gasteiger charge is -2.34. The fourth-order valence-electron chi connectivity index (χ4n) is 4.33. The molecule has 180 valence electrons. The number of amides is 2. The molecule has 2 aliphatic rings. The van der Waals surface area contributed by atoms with Crippen molar-refractivity contribution in [2.24, 2.45) is 5.10 Å². The summed E-state index contributed by atoms with van der Waals surface area (Å²) in [5.41, 5.74) is 4.06. The van der Waals surface area contributed by atoms with Crippen LogP contribution in [0.3, 0.4) is 0 Å². The number of aryl methyl sites for hydroxylation is 1. The topological polar surface area (TPSA) is 74.7 Å². The fourth-order valence-corrected chi connectivity index (χ4v) is 4.33. The average Bonchev–Trinajstić information content (AvgIpc) is 3.31. The Morgan fingerprint density at radius 2 is 1.79 bits per heavy atom. The van der Waals surface area contributed by atoms with Crippen molar-refractivity contribution >= 4 is 17.7 Å². The lowest BCUT2D eigenvalue weighted by atomic mass is 9.97. The Labute approximate surface area is 200 Å². The van der Waals surface area contributed by atoms with Crippen LogP contribution < -0.4 is 4.74 Å². The first-order valence-electron chi connectivity index (χ1n) is 11.7. The highest BCUT2D eigenvalue weighted by Crippen LogP contribution is 2.33. The number of benzene rings is 2. The molecular formula is C26H32N4O4. The first-order chi connectivity index (χ1) is 16.5. The van der Waals surface area contributed by atoms with Crippen LogP contribution in [0.2, 0.25) is 0 Å². The van der Waals surface area contributed by atoms with Crippen LogP contribution in [0.25, 0.3) is 0 Å². The van der Waals surface area contributed by atoms with Crippen LogP contribution in [0, 0.1) is 6.92 Å². The van der Waals surface area contributed by atoms with Crippen molar-refractivity contribution in [2.45, 2.75) is 26.3 Å². The molecule has 0 saturated carbocycles. The largest absolute Gasteiger partial charge is 0.497 e. The highest BCUT2D eigenvalue weighted by Gasteiger charge is 2.34. The molecule has 0 radical (unpaired) electrons. The predicted molar refractivity (Wildman–Crippen MR) is 130 cm³/mol. The molecule has 1 saturated heterocycles. The standard InChI is InChI=1S/C26H32N4O4/c1-4-34-26(32)29-14-12-28(13-15-29)18-25(31)30-24(20-10-8-19(2)9-11-20)17-23(27-30)21-6-5-7-22(16-21)33-3/h5-11,16,24H,4,12-15,17-18H2,1-3H3. The minimum atomic E-state index is -0.292. The third-order valence-electron chi connectivity index (χ3n) is 6.29. The number of hydrogen-bond donors (Lipinski definition) is 0. The molecule has 1 unspecified atom stereocenters. The molecule has 2 aromatic carbocycles. The van der Waals surface area contributed by atoms with Gasteiger partial charge < -0.3 is 14.4 Å². The van der Waals surface area contributed by atoms with Crippen molar-refractivity contribution in [3.63, 3.8) is 0 Å². The Morgan fingerprint density at radius 1 is 1.06 bits per heavy atom. The van der Waals surface area contributed by atoms with E-state index in [9.17, 15) is 9.59 Å². The summed E-state index contributed by atoms with van der Waals surface area (Å²) in [5, 5.41) is 6.42. The van der Waals surface area contributed by atoms with E-state index in [4.69, 9.17) is 14.6 Å². The van der Waals surface area contributed by atoms with E-state index < -0.39 is 0 Å². The molecule has 0 aliphatic carbocycles. The van der Waals surface area contributed by atoms with Gasteiger partial charge in [-0.25, -0.2) is 9.80 Å². The summed E-state index contributed by atoms with van der Waals surface area (Å²) in [6, 6.07) is 15.9. The molecule has 2 aliphatic heterocycles. The van der Waals surface area contributed by atoms with E-state index >= 15 is 0 Å². The fraction of sp³-hybridized carbons (Fsp3) is 0.423. The lowest BCUT2D eigenvalue weighted by molar-refractivity contribution is -0.134. The highest BCUT2D eigenvalue weighted by atomic mass is 16.6. The van der Waals surface area contributed by atoms with Gasteiger partial charge in [0, 0.05) is 38.2 Å². The molecule has 8 nitrogen and oxygen atoms in total. The van der Waals surface area contributed by atoms with E-state index in [2.05, 4.69) is 36.1 Å². The Bertz CT molecular complexity index is 1050. The van der Waals surface area contributed by atoms with Crippen LogP contribution in [-0.4, -0.2) is 79.0 Å². The predicted octanol–water partition coefficient (Wildman–Crippen LogP) is 3.46. The van der Waals surface area contributed by atoms with Crippen LogP contribution in [0.5, 0.6) is 5.75 Å². The van der Waals surface area contributed by atoms with Gasteiger partial charge in [-0.05, 0) is 31.5 Å². The number of rotatable bonds is 6. The maximum atomic E-state index is 13.4. The molecule has 2 aromatic rings. The zero-order chi connectivity index (χ0) is 24.1. The number of hydrazone groups is 1. The summed E-state index contributed by atoms with van der Waals surface area (Å²) in [7, 11) is 1.64. The molecule has 0 bridgehead atoms. The van der Waals surface area contributed by atoms with Crippen molar-refractivity contribution in [1.82, 2.24) is 14.8 Å².